The van der Waals surface area contributed by atoms with Crippen LogP contribution in [-0.4, -0.2) is 33.9 Å². The Bertz CT molecular complexity index is 1190. The second kappa shape index (κ2) is 9.24. The third-order valence-corrected chi connectivity index (χ3v) is 7.72. The smallest absolute Gasteiger partial charge is 0.260 e. The molecule has 2 saturated heterocycles. The number of ether oxygens (including phenoxy) is 1. The molecule has 3 fully saturated rings. The molecule has 0 radical (unpaired) electrons. The molecular formula is C28H28N2O5. The topological polar surface area (TPSA) is 102 Å². The molecule has 2 aliphatic heterocycles. The summed E-state index contributed by atoms with van der Waals surface area (Å²) in [6.45, 7) is 2.03. The quantitative estimate of drug-likeness (QED) is 0.419. The number of hydrogen-bond donors (Lipinski definition) is 2. The Balaban J connectivity index is 1.64. The number of nitrogens with one attached hydrogen (secondary N) is 1. The fourth-order valence-electron chi connectivity index (χ4n) is 6.24. The minimum Gasteiger partial charge on any atom is -0.368 e. The Morgan fingerprint density at radius 2 is 1.46 bits per heavy atom. The summed E-state index contributed by atoms with van der Waals surface area (Å²) in [6.07, 6.45) is -1.33. The largest absolute Gasteiger partial charge is 0.368 e. The normalized spacial score (nSPS) is 31.6. The second-order valence-corrected chi connectivity index (χ2v) is 9.44. The van der Waals surface area contributed by atoms with Gasteiger partial charge < -0.3 is 15.2 Å². The van der Waals surface area contributed by atoms with Crippen LogP contribution in [0, 0.1) is 22.0 Å². The van der Waals surface area contributed by atoms with E-state index in [0.29, 0.717) is 0 Å². The van der Waals surface area contributed by atoms with Gasteiger partial charge in [-0.15, -0.1) is 0 Å². The number of nitrogens with zero attached hydrogens (tertiary/aromatic N) is 1. The summed E-state index contributed by atoms with van der Waals surface area (Å²) in [7, 11) is 0. The first kappa shape index (κ1) is 23.2. The SMILES string of the molecule is C[C@@H]1[C@H](c2ccccc2)[C@@H]2C(O)O[C@@]1(C(=O)NCc1ccccc1)[C@@H]([N+](=O)[O-])[C@@H]2c1ccccc1. The van der Waals surface area contributed by atoms with E-state index in [1.807, 2.05) is 97.9 Å². The van der Waals surface area contributed by atoms with Crippen LogP contribution in [0.3, 0.4) is 0 Å². The van der Waals surface area contributed by atoms with Crippen molar-refractivity contribution in [2.24, 2.45) is 11.8 Å². The van der Waals surface area contributed by atoms with E-state index >= 15 is 0 Å². The van der Waals surface area contributed by atoms with E-state index in [9.17, 15) is 20.0 Å². The first-order chi connectivity index (χ1) is 16.9. The van der Waals surface area contributed by atoms with Crippen molar-refractivity contribution in [3.63, 3.8) is 0 Å². The molecule has 3 aliphatic rings. The molecule has 1 saturated carbocycles. The minimum absolute atomic E-state index is 0.202. The molecule has 35 heavy (non-hydrogen) atoms. The van der Waals surface area contributed by atoms with Crippen LogP contribution < -0.4 is 5.32 Å². The lowest BCUT2D eigenvalue weighted by atomic mass is 9.52. The molecule has 0 aromatic heterocycles. The van der Waals surface area contributed by atoms with Crippen molar-refractivity contribution < 1.29 is 19.6 Å². The molecule has 1 unspecified atom stereocenters. The van der Waals surface area contributed by atoms with Crippen molar-refractivity contribution in [2.45, 2.75) is 43.2 Å². The van der Waals surface area contributed by atoms with E-state index < -0.39 is 46.5 Å². The number of benzene rings is 3. The molecule has 7 nitrogen and oxygen atoms in total. The van der Waals surface area contributed by atoms with Gasteiger partial charge >= 0.3 is 0 Å². The highest BCUT2D eigenvalue weighted by Crippen LogP contribution is 2.61. The molecule has 180 valence electrons. The van der Waals surface area contributed by atoms with Gasteiger partial charge in [-0.1, -0.05) is 97.9 Å². The van der Waals surface area contributed by atoms with Crippen molar-refractivity contribution in [1.82, 2.24) is 5.32 Å². The van der Waals surface area contributed by atoms with Gasteiger partial charge in [0.2, 0.25) is 5.60 Å². The van der Waals surface area contributed by atoms with Crippen molar-refractivity contribution in [3.05, 3.63) is 118 Å². The zero-order valence-corrected chi connectivity index (χ0v) is 19.4. The Morgan fingerprint density at radius 3 is 2.00 bits per heavy atom. The summed E-state index contributed by atoms with van der Waals surface area (Å²) in [5.74, 6) is -2.74. The maximum absolute atomic E-state index is 13.9. The molecule has 2 N–H and O–H groups in total. The molecule has 7 heteroatoms. The number of aliphatic hydroxyl groups excluding tert-OH is 1. The van der Waals surface area contributed by atoms with Gasteiger partial charge in [-0.3, -0.25) is 14.9 Å². The highest BCUT2D eigenvalue weighted by atomic mass is 16.7. The molecule has 7 atom stereocenters. The van der Waals surface area contributed by atoms with Crippen LogP contribution in [0.2, 0.25) is 0 Å². The van der Waals surface area contributed by atoms with Gasteiger partial charge in [0.15, 0.2) is 6.29 Å². The summed E-state index contributed by atoms with van der Waals surface area (Å²) in [5.41, 5.74) is 0.657. The van der Waals surface area contributed by atoms with Gasteiger partial charge in [-0.25, -0.2) is 0 Å². The summed E-state index contributed by atoms with van der Waals surface area (Å²) >= 11 is 0. The molecule has 0 spiro atoms. The lowest BCUT2D eigenvalue weighted by molar-refractivity contribution is -0.572. The van der Waals surface area contributed by atoms with Gasteiger partial charge in [0.1, 0.15) is 0 Å². The van der Waals surface area contributed by atoms with Gasteiger partial charge in [-0.2, -0.15) is 0 Å². The molecule has 3 aromatic rings. The number of rotatable bonds is 6. The Kier molecular flexibility index (Phi) is 6.13. The fraction of sp³-hybridized carbons (Fsp3) is 0.321. The average molecular weight is 473 g/mol. The third-order valence-electron chi connectivity index (χ3n) is 7.72. The van der Waals surface area contributed by atoms with Gasteiger partial charge in [0, 0.05) is 23.3 Å². The van der Waals surface area contributed by atoms with Gasteiger partial charge in [0.25, 0.3) is 11.9 Å². The molecular weight excluding hydrogens is 444 g/mol. The van der Waals surface area contributed by atoms with Crippen LogP contribution in [0.5, 0.6) is 0 Å². The maximum atomic E-state index is 13.9. The van der Waals surface area contributed by atoms with Crippen molar-refractivity contribution >= 4 is 5.91 Å². The van der Waals surface area contributed by atoms with E-state index in [2.05, 4.69) is 5.32 Å². The van der Waals surface area contributed by atoms with Crippen molar-refractivity contribution in [1.29, 1.82) is 0 Å². The first-order valence-corrected chi connectivity index (χ1v) is 11.9. The van der Waals surface area contributed by atoms with Crippen LogP contribution in [0.15, 0.2) is 91.0 Å². The minimum atomic E-state index is -1.85. The summed E-state index contributed by atoms with van der Waals surface area (Å²) < 4.78 is 6.01. The average Bonchev–Trinajstić information content (AvgIpc) is 2.89. The zero-order chi connectivity index (χ0) is 24.6. The number of amides is 1. The van der Waals surface area contributed by atoms with Crippen molar-refractivity contribution in [3.8, 4) is 0 Å². The lowest BCUT2D eigenvalue weighted by Gasteiger charge is -2.59. The Hall–Kier alpha value is -3.55. The molecule has 6 rings (SSSR count). The van der Waals surface area contributed by atoms with Crippen LogP contribution in [0.1, 0.15) is 35.4 Å². The molecule has 2 heterocycles. The fourth-order valence-corrected chi connectivity index (χ4v) is 6.24. The van der Waals surface area contributed by atoms with Crippen molar-refractivity contribution in [2.75, 3.05) is 0 Å². The lowest BCUT2D eigenvalue weighted by Crippen LogP contribution is -2.75. The summed E-state index contributed by atoms with van der Waals surface area (Å²) in [6, 6.07) is 26.8. The van der Waals surface area contributed by atoms with E-state index in [1.54, 1.807) is 0 Å². The molecule has 2 bridgehead atoms. The number of fused-ring (bicyclic) bond motifs is 3. The predicted octanol–water partition coefficient (Wildman–Crippen LogP) is 3.87. The van der Waals surface area contributed by atoms with E-state index in [0.717, 1.165) is 16.7 Å². The molecule has 1 amide bonds. The zero-order valence-electron chi connectivity index (χ0n) is 19.4. The van der Waals surface area contributed by atoms with Gasteiger partial charge in [-0.05, 0) is 22.6 Å². The van der Waals surface area contributed by atoms with E-state index in [4.69, 9.17) is 4.74 Å². The molecule has 3 aromatic carbocycles. The monoisotopic (exact) mass is 472 g/mol. The number of hydrogen-bond acceptors (Lipinski definition) is 5. The van der Waals surface area contributed by atoms with Crippen LogP contribution in [0.4, 0.5) is 0 Å². The second-order valence-electron chi connectivity index (χ2n) is 9.44. The summed E-state index contributed by atoms with van der Waals surface area (Å²) in [4.78, 5) is 26.2. The number of nitro groups is 1. The first-order valence-electron chi connectivity index (χ1n) is 11.9. The van der Waals surface area contributed by atoms with E-state index in [-0.39, 0.29) is 12.5 Å². The van der Waals surface area contributed by atoms with Crippen LogP contribution in [-0.2, 0) is 16.1 Å². The Morgan fingerprint density at radius 1 is 0.943 bits per heavy atom. The Labute approximate surface area is 203 Å². The number of aliphatic hydroxyl groups is 1. The number of carbonyl (C=O) groups is 1. The molecule has 1 aliphatic carbocycles. The maximum Gasteiger partial charge on any atom is 0.260 e. The van der Waals surface area contributed by atoms with Crippen LogP contribution >= 0.6 is 0 Å². The highest BCUT2D eigenvalue weighted by molar-refractivity contribution is 5.87. The summed E-state index contributed by atoms with van der Waals surface area (Å²) in [5, 5.41) is 26.8. The van der Waals surface area contributed by atoms with Gasteiger partial charge in [0.05, 0.1) is 5.92 Å². The highest BCUT2D eigenvalue weighted by Gasteiger charge is 2.74. The number of carbonyl (C=O) groups excluding carboxylic acids is 1. The standard InChI is InChI=1S/C28H28N2O5/c1-18-22(20-13-7-3-8-14-20)24-23(21-15-9-4-10-16-21)25(30(33)34)28(18,35-26(24)31)27(32)29-17-19-11-5-2-6-12-19/h2-16,18,22-26,31H,17H2,1H3,(H,29,32)/t18-,22-,23-,24+,25+,26?,28-/m1/s1. The van der Waals surface area contributed by atoms with E-state index in [1.165, 1.54) is 0 Å². The predicted molar refractivity (Wildman–Crippen MR) is 130 cm³/mol. The van der Waals surface area contributed by atoms with Crippen LogP contribution in [0.25, 0.3) is 0 Å². The third kappa shape index (κ3) is 3.81.